The van der Waals surface area contributed by atoms with Crippen molar-refractivity contribution < 1.29 is 4.39 Å². The molecular formula is C8H9FN4. The molecule has 0 aliphatic carbocycles. The standard InChI is InChI=1S/C8H9FN4/c9-5-3-6-8(11-4-5)13-7(12-6)1-2-10/h3-4H,1-2,10H2,(H,11,12,13). The second-order valence-corrected chi connectivity index (χ2v) is 2.75. The summed E-state index contributed by atoms with van der Waals surface area (Å²) in [5.41, 5.74) is 6.50. The third-order valence-electron chi connectivity index (χ3n) is 1.73. The summed E-state index contributed by atoms with van der Waals surface area (Å²) < 4.78 is 12.7. The number of rotatable bonds is 2. The molecule has 0 saturated heterocycles. The molecule has 2 rings (SSSR count). The Bertz CT molecular complexity index is 423. The van der Waals surface area contributed by atoms with E-state index in [0.717, 1.165) is 12.0 Å². The van der Waals surface area contributed by atoms with Gasteiger partial charge in [0.25, 0.3) is 0 Å². The number of halogens is 1. The van der Waals surface area contributed by atoms with Crippen molar-refractivity contribution in [3.05, 3.63) is 23.9 Å². The smallest absolute Gasteiger partial charge is 0.177 e. The molecule has 0 saturated carbocycles. The van der Waals surface area contributed by atoms with Crippen LogP contribution in [0.5, 0.6) is 0 Å². The van der Waals surface area contributed by atoms with E-state index < -0.39 is 0 Å². The normalized spacial score (nSPS) is 10.9. The first-order valence-corrected chi connectivity index (χ1v) is 4.00. The van der Waals surface area contributed by atoms with Crippen molar-refractivity contribution in [2.45, 2.75) is 6.42 Å². The monoisotopic (exact) mass is 180 g/mol. The van der Waals surface area contributed by atoms with Crippen LogP contribution in [-0.2, 0) is 6.42 Å². The van der Waals surface area contributed by atoms with Gasteiger partial charge in [0.05, 0.1) is 11.7 Å². The van der Waals surface area contributed by atoms with Crippen LogP contribution in [0.2, 0.25) is 0 Å². The van der Waals surface area contributed by atoms with E-state index in [0.29, 0.717) is 24.1 Å². The van der Waals surface area contributed by atoms with Gasteiger partial charge >= 0.3 is 0 Å². The number of aromatic amines is 1. The maximum absolute atomic E-state index is 12.7. The first kappa shape index (κ1) is 8.12. The number of hydrogen-bond acceptors (Lipinski definition) is 3. The van der Waals surface area contributed by atoms with Gasteiger partial charge in [0.1, 0.15) is 11.6 Å². The van der Waals surface area contributed by atoms with E-state index in [2.05, 4.69) is 15.0 Å². The highest BCUT2D eigenvalue weighted by Gasteiger charge is 2.03. The van der Waals surface area contributed by atoms with Crippen LogP contribution in [0.1, 0.15) is 5.82 Å². The van der Waals surface area contributed by atoms with Crippen LogP contribution in [-0.4, -0.2) is 21.5 Å². The van der Waals surface area contributed by atoms with E-state index in [-0.39, 0.29) is 5.82 Å². The zero-order valence-corrected chi connectivity index (χ0v) is 6.92. The number of fused-ring (bicyclic) bond motifs is 1. The minimum Gasteiger partial charge on any atom is -0.340 e. The molecule has 0 aromatic carbocycles. The average molecular weight is 180 g/mol. The largest absolute Gasteiger partial charge is 0.340 e. The molecule has 0 radical (unpaired) electrons. The van der Waals surface area contributed by atoms with Gasteiger partial charge in [0.15, 0.2) is 5.65 Å². The highest BCUT2D eigenvalue weighted by Crippen LogP contribution is 2.09. The van der Waals surface area contributed by atoms with Crippen molar-refractivity contribution in [2.75, 3.05) is 6.54 Å². The summed E-state index contributed by atoms with van der Waals surface area (Å²) in [5, 5.41) is 0. The van der Waals surface area contributed by atoms with Crippen molar-refractivity contribution in [3.8, 4) is 0 Å². The van der Waals surface area contributed by atoms with Crippen LogP contribution in [0.25, 0.3) is 11.2 Å². The average Bonchev–Trinajstić information content (AvgIpc) is 2.46. The van der Waals surface area contributed by atoms with Crippen LogP contribution in [0.3, 0.4) is 0 Å². The first-order chi connectivity index (χ1) is 6.29. The summed E-state index contributed by atoms with van der Waals surface area (Å²) in [6.45, 7) is 0.516. The molecule has 0 atom stereocenters. The Kier molecular flexibility index (Phi) is 1.94. The molecule has 0 fully saturated rings. The highest BCUT2D eigenvalue weighted by molar-refractivity contribution is 5.70. The van der Waals surface area contributed by atoms with Gasteiger partial charge in [-0.1, -0.05) is 0 Å². The second-order valence-electron chi connectivity index (χ2n) is 2.75. The number of imidazole rings is 1. The minimum atomic E-state index is -0.365. The van der Waals surface area contributed by atoms with Crippen molar-refractivity contribution in [2.24, 2.45) is 5.73 Å². The molecule has 68 valence electrons. The van der Waals surface area contributed by atoms with Gasteiger partial charge in [-0.15, -0.1) is 0 Å². The predicted octanol–water partition coefficient (Wildman–Crippen LogP) is 0.598. The van der Waals surface area contributed by atoms with Crippen LogP contribution in [0.4, 0.5) is 4.39 Å². The fourth-order valence-electron chi connectivity index (χ4n) is 1.18. The van der Waals surface area contributed by atoms with Gasteiger partial charge < -0.3 is 10.7 Å². The van der Waals surface area contributed by atoms with E-state index in [9.17, 15) is 4.39 Å². The number of aromatic nitrogens is 3. The summed E-state index contributed by atoms with van der Waals surface area (Å²) in [5.74, 6) is 0.381. The molecule has 0 spiro atoms. The van der Waals surface area contributed by atoms with Gasteiger partial charge in [0.2, 0.25) is 0 Å². The highest BCUT2D eigenvalue weighted by atomic mass is 19.1. The third-order valence-corrected chi connectivity index (χ3v) is 1.73. The number of nitrogens with two attached hydrogens (primary N) is 1. The summed E-state index contributed by atoms with van der Waals surface area (Å²) in [6.07, 6.45) is 1.80. The van der Waals surface area contributed by atoms with E-state index in [1.807, 2.05) is 0 Å². The quantitative estimate of drug-likeness (QED) is 0.711. The van der Waals surface area contributed by atoms with E-state index >= 15 is 0 Å². The molecule has 4 nitrogen and oxygen atoms in total. The van der Waals surface area contributed by atoms with Crippen molar-refractivity contribution in [1.29, 1.82) is 0 Å². The van der Waals surface area contributed by atoms with Crippen LogP contribution >= 0.6 is 0 Å². The number of pyridine rings is 1. The maximum atomic E-state index is 12.7. The summed E-state index contributed by atoms with van der Waals surface area (Å²) in [4.78, 5) is 10.9. The number of hydrogen-bond donors (Lipinski definition) is 2. The topological polar surface area (TPSA) is 67.6 Å². The molecule has 0 aliphatic rings. The molecule has 0 amide bonds. The van der Waals surface area contributed by atoms with Crippen LogP contribution in [0.15, 0.2) is 12.3 Å². The molecule has 0 unspecified atom stereocenters. The molecule has 2 aromatic rings. The van der Waals surface area contributed by atoms with Gasteiger partial charge in [-0.3, -0.25) is 0 Å². The fraction of sp³-hybridized carbons (Fsp3) is 0.250. The number of nitrogens with zero attached hydrogens (tertiary/aromatic N) is 2. The molecule has 0 bridgehead atoms. The zero-order valence-electron chi connectivity index (χ0n) is 6.92. The summed E-state index contributed by atoms with van der Waals surface area (Å²) in [7, 11) is 0. The van der Waals surface area contributed by atoms with E-state index in [1.165, 1.54) is 6.07 Å². The van der Waals surface area contributed by atoms with Gasteiger partial charge in [0, 0.05) is 12.5 Å². The van der Waals surface area contributed by atoms with E-state index in [4.69, 9.17) is 5.73 Å². The molecule has 0 aliphatic heterocycles. The molecule has 13 heavy (non-hydrogen) atoms. The molecule has 5 heteroatoms. The SMILES string of the molecule is NCCc1nc2ncc(F)cc2[nH]1. The Balaban J connectivity index is 2.49. The molecular weight excluding hydrogens is 171 g/mol. The zero-order chi connectivity index (χ0) is 9.26. The molecule has 3 N–H and O–H groups in total. The van der Waals surface area contributed by atoms with Crippen LogP contribution < -0.4 is 5.73 Å². The molecule has 2 heterocycles. The Morgan fingerprint density at radius 2 is 2.38 bits per heavy atom. The Hall–Kier alpha value is -1.49. The lowest BCUT2D eigenvalue weighted by Crippen LogP contribution is -2.03. The predicted molar refractivity (Wildman–Crippen MR) is 46.6 cm³/mol. The molecule has 2 aromatic heterocycles. The van der Waals surface area contributed by atoms with Crippen molar-refractivity contribution >= 4 is 11.2 Å². The minimum absolute atomic E-state index is 0.365. The Labute approximate surface area is 74.0 Å². The summed E-state index contributed by atoms with van der Waals surface area (Å²) in [6, 6.07) is 1.37. The lowest BCUT2D eigenvalue weighted by molar-refractivity contribution is 0.624. The lowest BCUT2D eigenvalue weighted by Gasteiger charge is -1.87. The first-order valence-electron chi connectivity index (χ1n) is 4.00. The van der Waals surface area contributed by atoms with E-state index in [1.54, 1.807) is 0 Å². The second kappa shape index (κ2) is 3.10. The maximum Gasteiger partial charge on any atom is 0.177 e. The Morgan fingerprint density at radius 3 is 3.15 bits per heavy atom. The van der Waals surface area contributed by atoms with Crippen LogP contribution in [0, 0.1) is 5.82 Å². The third kappa shape index (κ3) is 1.50. The fourth-order valence-corrected chi connectivity index (χ4v) is 1.18. The summed E-state index contributed by atoms with van der Waals surface area (Å²) >= 11 is 0. The Morgan fingerprint density at radius 1 is 1.54 bits per heavy atom. The number of nitrogens with one attached hydrogen (secondary N) is 1. The van der Waals surface area contributed by atoms with Gasteiger partial charge in [-0.25, -0.2) is 14.4 Å². The lowest BCUT2D eigenvalue weighted by atomic mass is 10.4. The van der Waals surface area contributed by atoms with Gasteiger partial charge in [-0.2, -0.15) is 0 Å². The van der Waals surface area contributed by atoms with Crippen molar-refractivity contribution in [1.82, 2.24) is 15.0 Å². The van der Waals surface area contributed by atoms with Crippen molar-refractivity contribution in [3.63, 3.8) is 0 Å². The number of H-pyrrole nitrogens is 1. The van der Waals surface area contributed by atoms with Gasteiger partial charge in [-0.05, 0) is 6.54 Å².